The predicted octanol–water partition coefficient (Wildman–Crippen LogP) is 0.847. The van der Waals surface area contributed by atoms with Gasteiger partial charge in [-0.1, -0.05) is 30.3 Å². The van der Waals surface area contributed by atoms with E-state index < -0.39 is 18.2 Å². The number of carbonyl (C=O) groups is 2. The summed E-state index contributed by atoms with van der Waals surface area (Å²) in [5.41, 5.74) is 0.876. The minimum atomic E-state index is -0.692. The van der Waals surface area contributed by atoms with Crippen molar-refractivity contribution < 1.29 is 19.4 Å². The molecule has 1 aliphatic heterocycles. The number of hydrogen-bond acceptors (Lipinski definition) is 4. The van der Waals surface area contributed by atoms with Crippen LogP contribution < -0.4 is 0 Å². The van der Waals surface area contributed by atoms with E-state index in [-0.39, 0.29) is 25.5 Å². The third kappa shape index (κ3) is 3.72. The molecule has 1 heterocycles. The maximum absolute atomic E-state index is 12.1. The number of aliphatic hydroxyl groups is 1. The second kappa shape index (κ2) is 6.58. The topological polar surface area (TPSA) is 70.1 Å². The zero-order valence-corrected chi connectivity index (χ0v) is 12.2. The fraction of sp³-hybridized carbons (Fsp3) is 0.467. The Balaban J connectivity index is 1.98. The molecule has 2 atom stereocenters. The van der Waals surface area contributed by atoms with E-state index in [1.807, 2.05) is 30.3 Å². The Morgan fingerprint density at radius 1 is 1.33 bits per heavy atom. The maximum atomic E-state index is 12.1. The Morgan fingerprint density at radius 3 is 2.62 bits per heavy atom. The van der Waals surface area contributed by atoms with Crippen molar-refractivity contribution in [2.24, 2.45) is 0 Å². The summed E-state index contributed by atoms with van der Waals surface area (Å²) in [5, 5.41) is 9.71. The summed E-state index contributed by atoms with van der Waals surface area (Å²) in [4.78, 5) is 26.9. The molecule has 2 rings (SSSR count). The van der Waals surface area contributed by atoms with Crippen LogP contribution in [0.4, 0.5) is 4.79 Å². The lowest BCUT2D eigenvalue weighted by Crippen LogP contribution is -2.45. The molecular weight excluding hydrogens is 272 g/mol. The molecule has 1 saturated heterocycles. The highest BCUT2D eigenvalue weighted by atomic mass is 16.6. The smallest absolute Gasteiger partial charge is 0.410 e. The Labute approximate surface area is 123 Å². The first kappa shape index (κ1) is 15.3. The number of carbonyl (C=O) groups excluding carboxylic acids is 2. The molecule has 0 saturated carbocycles. The lowest BCUT2D eigenvalue weighted by Gasteiger charge is -2.25. The molecule has 0 aliphatic carbocycles. The van der Waals surface area contributed by atoms with Crippen LogP contribution in [0.5, 0.6) is 0 Å². The maximum Gasteiger partial charge on any atom is 0.410 e. The lowest BCUT2D eigenvalue weighted by atomic mass is 10.2. The van der Waals surface area contributed by atoms with Gasteiger partial charge in [-0.2, -0.15) is 0 Å². The van der Waals surface area contributed by atoms with Crippen molar-refractivity contribution in [3.63, 3.8) is 0 Å². The molecule has 0 radical (unpaired) electrons. The van der Waals surface area contributed by atoms with Gasteiger partial charge in [0.05, 0.1) is 12.6 Å². The van der Waals surface area contributed by atoms with Gasteiger partial charge in [0.2, 0.25) is 5.91 Å². The number of rotatable bonds is 3. The second-order valence-electron chi connectivity index (χ2n) is 5.33. The summed E-state index contributed by atoms with van der Waals surface area (Å²) in [6.45, 7) is 0.271. The van der Waals surface area contributed by atoms with E-state index in [4.69, 9.17) is 4.74 Å². The number of benzene rings is 1. The van der Waals surface area contributed by atoms with E-state index in [0.717, 1.165) is 5.56 Å². The average Bonchev–Trinajstić information content (AvgIpc) is 2.87. The first-order chi connectivity index (χ1) is 9.99. The summed E-state index contributed by atoms with van der Waals surface area (Å²) in [6.07, 6.45) is -1.02. The number of ether oxygens (including phenoxy) is 1. The first-order valence-corrected chi connectivity index (χ1v) is 6.85. The monoisotopic (exact) mass is 292 g/mol. The van der Waals surface area contributed by atoms with Crippen molar-refractivity contribution in [3.8, 4) is 0 Å². The van der Waals surface area contributed by atoms with Crippen molar-refractivity contribution >= 4 is 12.0 Å². The number of aliphatic hydroxyl groups excluding tert-OH is 1. The van der Waals surface area contributed by atoms with Crippen molar-refractivity contribution in [3.05, 3.63) is 35.9 Å². The van der Waals surface area contributed by atoms with Crippen molar-refractivity contribution in [2.75, 3.05) is 20.6 Å². The van der Waals surface area contributed by atoms with Crippen molar-refractivity contribution in [1.82, 2.24) is 9.80 Å². The van der Waals surface area contributed by atoms with Crippen LogP contribution in [0.1, 0.15) is 12.0 Å². The molecule has 1 aromatic rings. The van der Waals surface area contributed by atoms with Gasteiger partial charge >= 0.3 is 6.09 Å². The highest BCUT2D eigenvalue weighted by molar-refractivity contribution is 5.86. The minimum absolute atomic E-state index is 0.123. The number of likely N-dealkylation sites (tertiary alicyclic amines) is 1. The average molecular weight is 292 g/mol. The fourth-order valence-corrected chi connectivity index (χ4v) is 2.35. The van der Waals surface area contributed by atoms with Gasteiger partial charge in [-0.05, 0) is 5.56 Å². The minimum Gasteiger partial charge on any atom is -0.445 e. The van der Waals surface area contributed by atoms with Gasteiger partial charge in [-0.25, -0.2) is 4.79 Å². The molecule has 0 spiro atoms. The molecule has 6 nitrogen and oxygen atoms in total. The van der Waals surface area contributed by atoms with Crippen LogP contribution in [0.15, 0.2) is 30.3 Å². The molecule has 0 bridgehead atoms. The van der Waals surface area contributed by atoms with Gasteiger partial charge < -0.3 is 14.7 Å². The molecule has 21 heavy (non-hydrogen) atoms. The van der Waals surface area contributed by atoms with Crippen LogP contribution in [0.3, 0.4) is 0 Å². The molecular formula is C15H20N2O4. The number of nitrogens with zero attached hydrogens (tertiary/aromatic N) is 2. The number of amides is 2. The first-order valence-electron chi connectivity index (χ1n) is 6.85. The van der Waals surface area contributed by atoms with Crippen LogP contribution in [-0.4, -0.2) is 59.7 Å². The quantitative estimate of drug-likeness (QED) is 0.896. The van der Waals surface area contributed by atoms with Gasteiger partial charge in [0.15, 0.2) is 0 Å². The van der Waals surface area contributed by atoms with Crippen LogP contribution in [-0.2, 0) is 16.1 Å². The molecule has 1 aromatic carbocycles. The Morgan fingerprint density at radius 2 is 2.00 bits per heavy atom. The summed E-state index contributed by atoms with van der Waals surface area (Å²) >= 11 is 0. The molecule has 1 fully saturated rings. The lowest BCUT2D eigenvalue weighted by molar-refractivity contribution is -0.133. The van der Waals surface area contributed by atoms with Crippen LogP contribution in [0.2, 0.25) is 0 Å². The SMILES string of the molecule is CN(C)C(=O)[C@@H]1CC(O)CN1C(=O)OCc1ccccc1. The van der Waals surface area contributed by atoms with Crippen molar-refractivity contribution in [2.45, 2.75) is 25.2 Å². The summed E-state index contributed by atoms with van der Waals surface area (Å²) in [6, 6.07) is 8.66. The summed E-state index contributed by atoms with van der Waals surface area (Å²) in [5.74, 6) is -0.205. The van der Waals surface area contributed by atoms with Gasteiger partial charge in [0, 0.05) is 20.5 Å². The number of β-amino-alcohol motifs (C(OH)–C–C–N with tert-alkyl or cyclic N) is 1. The zero-order valence-electron chi connectivity index (χ0n) is 12.2. The summed E-state index contributed by atoms with van der Waals surface area (Å²) in [7, 11) is 3.25. The standard InChI is InChI=1S/C15H20N2O4/c1-16(2)14(19)13-8-12(18)9-17(13)15(20)21-10-11-6-4-3-5-7-11/h3-7,12-13,18H,8-10H2,1-2H3/t12?,13-/m0/s1. The van der Waals surface area contributed by atoms with Gasteiger partial charge in [-0.3, -0.25) is 9.69 Å². The molecule has 2 amide bonds. The third-order valence-corrected chi connectivity index (χ3v) is 3.44. The van der Waals surface area contributed by atoms with E-state index in [0.29, 0.717) is 0 Å². The molecule has 0 aromatic heterocycles. The Kier molecular flexibility index (Phi) is 4.80. The highest BCUT2D eigenvalue weighted by Crippen LogP contribution is 2.20. The fourth-order valence-electron chi connectivity index (χ4n) is 2.35. The van der Waals surface area contributed by atoms with Crippen molar-refractivity contribution in [1.29, 1.82) is 0 Å². The molecule has 1 aliphatic rings. The van der Waals surface area contributed by atoms with E-state index in [2.05, 4.69) is 0 Å². The molecule has 114 valence electrons. The van der Waals surface area contributed by atoms with Gasteiger partial charge in [-0.15, -0.1) is 0 Å². The Bertz CT molecular complexity index is 504. The zero-order chi connectivity index (χ0) is 15.4. The third-order valence-electron chi connectivity index (χ3n) is 3.44. The molecule has 1 N–H and O–H groups in total. The molecule has 1 unspecified atom stereocenters. The number of hydrogen-bond donors (Lipinski definition) is 1. The number of likely N-dealkylation sites (N-methyl/N-ethyl adjacent to an activating group) is 1. The van der Waals surface area contributed by atoms with Crippen LogP contribution >= 0.6 is 0 Å². The normalized spacial score (nSPS) is 21.2. The van der Waals surface area contributed by atoms with Crippen LogP contribution in [0.25, 0.3) is 0 Å². The van der Waals surface area contributed by atoms with E-state index in [9.17, 15) is 14.7 Å². The second-order valence-corrected chi connectivity index (χ2v) is 5.33. The van der Waals surface area contributed by atoms with E-state index >= 15 is 0 Å². The Hall–Kier alpha value is -2.08. The van der Waals surface area contributed by atoms with E-state index in [1.165, 1.54) is 9.80 Å². The predicted molar refractivity (Wildman–Crippen MR) is 76.4 cm³/mol. The highest BCUT2D eigenvalue weighted by Gasteiger charge is 2.40. The van der Waals surface area contributed by atoms with E-state index in [1.54, 1.807) is 14.1 Å². The van der Waals surface area contributed by atoms with Gasteiger partial charge in [0.25, 0.3) is 0 Å². The summed E-state index contributed by atoms with van der Waals surface area (Å²) < 4.78 is 5.23. The largest absolute Gasteiger partial charge is 0.445 e. The molecule has 6 heteroatoms. The van der Waals surface area contributed by atoms with Gasteiger partial charge in [0.1, 0.15) is 12.6 Å². The van der Waals surface area contributed by atoms with Crippen LogP contribution in [0, 0.1) is 0 Å².